The maximum atomic E-state index is 12.5. The first-order valence-corrected chi connectivity index (χ1v) is 8.52. The first-order valence-electron chi connectivity index (χ1n) is 8.52. The first kappa shape index (κ1) is 18.4. The minimum absolute atomic E-state index is 0.0222. The van der Waals surface area contributed by atoms with Crippen LogP contribution in [-0.4, -0.2) is 29.2 Å². The van der Waals surface area contributed by atoms with Crippen LogP contribution in [0, 0.1) is 6.92 Å². The second kappa shape index (κ2) is 8.33. The highest BCUT2D eigenvalue weighted by atomic mass is 16.5. The van der Waals surface area contributed by atoms with E-state index in [1.54, 1.807) is 24.3 Å². The molecule has 6 heteroatoms. The second-order valence-electron chi connectivity index (χ2n) is 6.04. The highest BCUT2D eigenvalue weighted by Gasteiger charge is 2.12. The van der Waals surface area contributed by atoms with Crippen LogP contribution in [0.25, 0.3) is 11.3 Å². The quantitative estimate of drug-likeness (QED) is 0.627. The SMILES string of the molecule is Cc1cc(NC(=O)c2ccc(-c3ccccc3)[nH]c2=O)cc(OCCO)c1. The van der Waals surface area contributed by atoms with Gasteiger partial charge in [-0.1, -0.05) is 30.3 Å². The van der Waals surface area contributed by atoms with Gasteiger partial charge in [-0.25, -0.2) is 0 Å². The van der Waals surface area contributed by atoms with E-state index >= 15 is 0 Å². The summed E-state index contributed by atoms with van der Waals surface area (Å²) in [6.07, 6.45) is 0. The van der Waals surface area contributed by atoms with Crippen LogP contribution in [0.3, 0.4) is 0 Å². The summed E-state index contributed by atoms with van der Waals surface area (Å²) in [7, 11) is 0. The van der Waals surface area contributed by atoms with Gasteiger partial charge in [-0.2, -0.15) is 0 Å². The van der Waals surface area contributed by atoms with Crippen molar-refractivity contribution in [1.82, 2.24) is 4.98 Å². The third kappa shape index (κ3) is 4.62. The lowest BCUT2D eigenvalue weighted by Gasteiger charge is -2.10. The van der Waals surface area contributed by atoms with E-state index in [4.69, 9.17) is 9.84 Å². The van der Waals surface area contributed by atoms with E-state index in [-0.39, 0.29) is 18.8 Å². The molecule has 27 heavy (non-hydrogen) atoms. The Morgan fingerprint density at radius 2 is 1.89 bits per heavy atom. The number of nitrogens with one attached hydrogen (secondary N) is 2. The minimum Gasteiger partial charge on any atom is -0.491 e. The molecule has 6 nitrogen and oxygen atoms in total. The number of ether oxygens (including phenoxy) is 1. The van der Waals surface area contributed by atoms with Gasteiger partial charge in [0.25, 0.3) is 11.5 Å². The summed E-state index contributed by atoms with van der Waals surface area (Å²) < 4.78 is 5.38. The number of pyridine rings is 1. The highest BCUT2D eigenvalue weighted by Crippen LogP contribution is 2.21. The number of hydrogen-bond acceptors (Lipinski definition) is 4. The van der Waals surface area contributed by atoms with Crippen LogP contribution in [0.5, 0.6) is 5.75 Å². The number of benzene rings is 2. The highest BCUT2D eigenvalue weighted by molar-refractivity contribution is 6.04. The molecule has 0 aliphatic carbocycles. The molecular weight excluding hydrogens is 344 g/mol. The molecule has 0 aliphatic rings. The van der Waals surface area contributed by atoms with Gasteiger partial charge >= 0.3 is 0 Å². The molecule has 0 bridgehead atoms. The van der Waals surface area contributed by atoms with Crippen LogP contribution in [-0.2, 0) is 0 Å². The minimum atomic E-state index is -0.505. The predicted molar refractivity (Wildman–Crippen MR) is 104 cm³/mol. The van der Waals surface area contributed by atoms with Gasteiger partial charge < -0.3 is 20.1 Å². The van der Waals surface area contributed by atoms with Crippen LogP contribution in [0.4, 0.5) is 5.69 Å². The molecule has 138 valence electrons. The number of rotatable bonds is 6. The summed E-state index contributed by atoms with van der Waals surface area (Å²) in [6.45, 7) is 1.93. The van der Waals surface area contributed by atoms with Gasteiger partial charge in [0, 0.05) is 17.4 Å². The standard InChI is InChI=1S/C21H20N2O4/c1-14-11-16(13-17(12-14)27-10-9-24)22-20(25)18-7-8-19(23-21(18)26)15-5-3-2-4-6-15/h2-8,11-13,24H,9-10H2,1H3,(H,22,25)(H,23,26). The first-order chi connectivity index (χ1) is 13.1. The van der Waals surface area contributed by atoms with Crippen molar-refractivity contribution in [3.05, 3.63) is 82.1 Å². The summed E-state index contributed by atoms with van der Waals surface area (Å²) in [5, 5.41) is 11.6. The van der Waals surface area contributed by atoms with Crippen molar-refractivity contribution in [3.63, 3.8) is 0 Å². The zero-order valence-corrected chi connectivity index (χ0v) is 14.9. The average molecular weight is 364 g/mol. The van der Waals surface area contributed by atoms with E-state index in [1.807, 2.05) is 37.3 Å². The number of aromatic amines is 1. The monoisotopic (exact) mass is 364 g/mol. The normalized spacial score (nSPS) is 10.4. The van der Waals surface area contributed by atoms with Crippen molar-refractivity contribution >= 4 is 11.6 Å². The predicted octanol–water partition coefficient (Wildman–Crippen LogP) is 2.97. The Bertz CT molecular complexity index is 997. The molecule has 0 unspecified atom stereocenters. The zero-order chi connectivity index (χ0) is 19.2. The Hall–Kier alpha value is -3.38. The van der Waals surface area contributed by atoms with Crippen molar-refractivity contribution < 1.29 is 14.6 Å². The Balaban J connectivity index is 1.80. The Morgan fingerprint density at radius 3 is 2.59 bits per heavy atom. The van der Waals surface area contributed by atoms with Crippen molar-refractivity contribution in [2.75, 3.05) is 18.5 Å². The molecule has 3 aromatic rings. The summed E-state index contributed by atoms with van der Waals surface area (Å²) >= 11 is 0. The molecule has 0 saturated heterocycles. The smallest absolute Gasteiger partial charge is 0.261 e. The number of aliphatic hydroxyl groups is 1. The lowest BCUT2D eigenvalue weighted by molar-refractivity contribution is 0.102. The van der Waals surface area contributed by atoms with Gasteiger partial charge in [-0.3, -0.25) is 9.59 Å². The number of amides is 1. The lowest BCUT2D eigenvalue weighted by atomic mass is 10.1. The molecule has 2 aromatic carbocycles. The van der Waals surface area contributed by atoms with E-state index in [0.29, 0.717) is 17.1 Å². The van der Waals surface area contributed by atoms with Crippen molar-refractivity contribution in [3.8, 4) is 17.0 Å². The van der Waals surface area contributed by atoms with Crippen molar-refractivity contribution in [1.29, 1.82) is 0 Å². The van der Waals surface area contributed by atoms with Crippen LogP contribution < -0.4 is 15.6 Å². The molecule has 0 atom stereocenters. The summed E-state index contributed by atoms with van der Waals surface area (Å²) in [5.41, 5.74) is 2.47. The van der Waals surface area contributed by atoms with Crippen LogP contribution in [0.2, 0.25) is 0 Å². The van der Waals surface area contributed by atoms with Crippen LogP contribution >= 0.6 is 0 Å². The third-order valence-corrected chi connectivity index (χ3v) is 3.91. The van der Waals surface area contributed by atoms with Crippen molar-refractivity contribution in [2.45, 2.75) is 6.92 Å². The number of aromatic nitrogens is 1. The third-order valence-electron chi connectivity index (χ3n) is 3.91. The Morgan fingerprint density at radius 1 is 1.11 bits per heavy atom. The van der Waals surface area contributed by atoms with Gasteiger partial charge in [0.1, 0.15) is 17.9 Å². The largest absolute Gasteiger partial charge is 0.491 e. The number of carbonyl (C=O) groups is 1. The van der Waals surface area contributed by atoms with E-state index in [0.717, 1.165) is 11.1 Å². The molecule has 3 rings (SSSR count). The molecule has 0 saturated carbocycles. The number of aliphatic hydroxyl groups excluding tert-OH is 1. The summed E-state index contributed by atoms with van der Waals surface area (Å²) in [5.74, 6) is 0.0299. The zero-order valence-electron chi connectivity index (χ0n) is 14.9. The number of hydrogen-bond donors (Lipinski definition) is 3. The molecule has 0 spiro atoms. The van der Waals surface area contributed by atoms with Crippen molar-refractivity contribution in [2.24, 2.45) is 0 Å². The summed E-state index contributed by atoms with van der Waals surface area (Å²) in [4.78, 5) is 27.6. The number of aryl methyl sites for hydroxylation is 1. The Labute approximate surface area is 156 Å². The molecule has 3 N–H and O–H groups in total. The molecule has 0 radical (unpaired) electrons. The maximum absolute atomic E-state index is 12.5. The summed E-state index contributed by atoms with van der Waals surface area (Å²) in [6, 6.07) is 17.8. The van der Waals surface area contributed by atoms with Crippen LogP contribution in [0.15, 0.2) is 65.5 Å². The number of carbonyl (C=O) groups excluding carboxylic acids is 1. The van der Waals surface area contributed by atoms with Gasteiger partial charge in [0.2, 0.25) is 0 Å². The fourth-order valence-corrected chi connectivity index (χ4v) is 2.70. The van der Waals surface area contributed by atoms with Crippen LogP contribution in [0.1, 0.15) is 15.9 Å². The van der Waals surface area contributed by atoms with Gasteiger partial charge in [0.15, 0.2) is 0 Å². The van der Waals surface area contributed by atoms with Gasteiger partial charge in [0.05, 0.1) is 6.61 Å². The van der Waals surface area contributed by atoms with Gasteiger partial charge in [-0.15, -0.1) is 0 Å². The molecule has 0 fully saturated rings. The van der Waals surface area contributed by atoms with Gasteiger partial charge in [-0.05, 0) is 42.3 Å². The molecular formula is C21H20N2O4. The second-order valence-corrected chi connectivity index (χ2v) is 6.04. The average Bonchev–Trinajstić information content (AvgIpc) is 2.66. The topological polar surface area (TPSA) is 91.4 Å². The molecule has 1 amide bonds. The maximum Gasteiger partial charge on any atom is 0.261 e. The lowest BCUT2D eigenvalue weighted by Crippen LogP contribution is -2.23. The number of anilines is 1. The van der Waals surface area contributed by atoms with E-state index in [2.05, 4.69) is 10.3 Å². The number of H-pyrrole nitrogens is 1. The van der Waals surface area contributed by atoms with E-state index in [1.165, 1.54) is 6.07 Å². The van der Waals surface area contributed by atoms with E-state index in [9.17, 15) is 9.59 Å². The molecule has 1 heterocycles. The fourth-order valence-electron chi connectivity index (χ4n) is 2.70. The van der Waals surface area contributed by atoms with E-state index < -0.39 is 11.5 Å². The molecule has 1 aromatic heterocycles. The fraction of sp³-hybridized carbons (Fsp3) is 0.143. The Kier molecular flexibility index (Phi) is 5.68. The molecule has 0 aliphatic heterocycles.